The minimum atomic E-state index is 0.405. The summed E-state index contributed by atoms with van der Waals surface area (Å²) in [6.07, 6.45) is 4.18. The third kappa shape index (κ3) is 4.11. The van der Waals surface area contributed by atoms with Gasteiger partial charge < -0.3 is 10.3 Å². The van der Waals surface area contributed by atoms with Crippen LogP contribution in [0.3, 0.4) is 0 Å². The number of hydrogen-bond donors (Lipinski definition) is 2. The highest BCUT2D eigenvalue weighted by Gasteiger charge is 2.19. The standard InChI is InChI=1S/C9H17N3S3/c13-8-10-11-9(15-8)14-7-6-12-4-2-1-3-5-12/h9,11H,1-7H2,(H,10,13). The number of nitrogens with one attached hydrogen (secondary N) is 2. The fraction of sp³-hybridized carbons (Fsp3) is 0.889. The number of hydrazine groups is 1. The molecule has 2 fully saturated rings. The van der Waals surface area contributed by atoms with Gasteiger partial charge in [0.1, 0.15) is 9.03 Å². The van der Waals surface area contributed by atoms with Crippen molar-refractivity contribution in [3.63, 3.8) is 0 Å². The van der Waals surface area contributed by atoms with Gasteiger partial charge >= 0.3 is 0 Å². The predicted molar refractivity (Wildman–Crippen MR) is 73.0 cm³/mol. The SMILES string of the molecule is S=C1NNC(SCCN2CCCCC2)S1. The summed E-state index contributed by atoms with van der Waals surface area (Å²) in [6, 6.07) is 0. The Balaban J connectivity index is 1.56. The molecule has 2 heterocycles. The summed E-state index contributed by atoms with van der Waals surface area (Å²) in [6.45, 7) is 3.81. The number of thiocarbonyl (C=S) groups is 1. The molecule has 0 saturated carbocycles. The molecule has 86 valence electrons. The van der Waals surface area contributed by atoms with E-state index in [0.717, 1.165) is 4.32 Å². The van der Waals surface area contributed by atoms with Crippen LogP contribution >= 0.6 is 35.7 Å². The molecule has 0 aromatic carbocycles. The molecule has 1 unspecified atom stereocenters. The van der Waals surface area contributed by atoms with Crippen molar-refractivity contribution >= 4 is 40.1 Å². The molecule has 2 rings (SSSR count). The molecule has 0 spiro atoms. The molecule has 6 heteroatoms. The fourth-order valence-corrected chi connectivity index (χ4v) is 4.35. The monoisotopic (exact) mass is 263 g/mol. The summed E-state index contributed by atoms with van der Waals surface area (Å²) in [5.41, 5.74) is 6.13. The number of piperidine rings is 1. The van der Waals surface area contributed by atoms with Gasteiger partial charge in [0.15, 0.2) is 0 Å². The van der Waals surface area contributed by atoms with E-state index in [1.807, 2.05) is 11.8 Å². The maximum atomic E-state index is 5.04. The van der Waals surface area contributed by atoms with E-state index in [1.54, 1.807) is 11.8 Å². The Morgan fingerprint density at radius 2 is 2.20 bits per heavy atom. The minimum absolute atomic E-state index is 0.405. The summed E-state index contributed by atoms with van der Waals surface area (Å²) in [5.74, 6) is 1.19. The van der Waals surface area contributed by atoms with E-state index in [-0.39, 0.29) is 0 Å². The van der Waals surface area contributed by atoms with Crippen LogP contribution in [0, 0.1) is 0 Å². The zero-order valence-electron chi connectivity index (χ0n) is 8.70. The largest absolute Gasteiger partial charge is 0.305 e. The Morgan fingerprint density at radius 3 is 2.87 bits per heavy atom. The molecule has 2 aliphatic rings. The molecule has 2 saturated heterocycles. The first-order valence-electron chi connectivity index (χ1n) is 5.41. The van der Waals surface area contributed by atoms with Crippen molar-refractivity contribution < 1.29 is 0 Å². The van der Waals surface area contributed by atoms with E-state index in [0.29, 0.717) is 4.71 Å². The average molecular weight is 263 g/mol. The van der Waals surface area contributed by atoms with Crippen molar-refractivity contribution in [3.8, 4) is 0 Å². The van der Waals surface area contributed by atoms with Crippen molar-refractivity contribution in [2.75, 3.05) is 25.4 Å². The number of hydrogen-bond acceptors (Lipinski definition) is 5. The van der Waals surface area contributed by atoms with Gasteiger partial charge in [0.2, 0.25) is 0 Å². The van der Waals surface area contributed by atoms with Crippen LogP contribution in [-0.4, -0.2) is 39.3 Å². The fourth-order valence-electron chi connectivity index (χ4n) is 1.82. The van der Waals surface area contributed by atoms with Gasteiger partial charge in [0.05, 0.1) is 0 Å². The van der Waals surface area contributed by atoms with E-state index >= 15 is 0 Å². The second-order valence-corrected chi connectivity index (χ2v) is 7.07. The summed E-state index contributed by atoms with van der Waals surface area (Å²) in [7, 11) is 0. The van der Waals surface area contributed by atoms with Crippen LogP contribution in [0.5, 0.6) is 0 Å². The third-order valence-corrected chi connectivity index (χ3v) is 5.21. The molecule has 2 N–H and O–H groups in total. The molecule has 0 aromatic heterocycles. The lowest BCUT2D eigenvalue weighted by molar-refractivity contribution is 0.242. The Kier molecular flexibility index (Phi) is 5.03. The summed E-state index contributed by atoms with van der Waals surface area (Å²) in [5, 5.41) is 0. The molecule has 3 nitrogen and oxygen atoms in total. The van der Waals surface area contributed by atoms with E-state index in [2.05, 4.69) is 15.8 Å². The molecule has 0 bridgehead atoms. The van der Waals surface area contributed by atoms with Gasteiger partial charge in [-0.1, -0.05) is 30.4 Å². The van der Waals surface area contributed by atoms with Gasteiger partial charge in [-0.15, -0.1) is 11.8 Å². The van der Waals surface area contributed by atoms with Crippen molar-refractivity contribution in [1.82, 2.24) is 15.8 Å². The molecular formula is C9H17N3S3. The van der Waals surface area contributed by atoms with Gasteiger partial charge in [0.25, 0.3) is 0 Å². The first-order chi connectivity index (χ1) is 7.34. The van der Waals surface area contributed by atoms with Gasteiger partial charge in [-0.05, 0) is 25.9 Å². The topological polar surface area (TPSA) is 27.3 Å². The summed E-state index contributed by atoms with van der Waals surface area (Å²) >= 11 is 8.68. The highest BCUT2D eigenvalue weighted by molar-refractivity contribution is 8.30. The van der Waals surface area contributed by atoms with Crippen molar-refractivity contribution in [1.29, 1.82) is 0 Å². The van der Waals surface area contributed by atoms with Crippen LogP contribution in [0.2, 0.25) is 0 Å². The normalized spacial score (nSPS) is 28.0. The summed E-state index contributed by atoms with van der Waals surface area (Å²) in [4.78, 5) is 2.57. The highest BCUT2D eigenvalue weighted by atomic mass is 32.2. The second-order valence-electron chi connectivity index (χ2n) is 3.78. The predicted octanol–water partition coefficient (Wildman–Crippen LogP) is 1.61. The van der Waals surface area contributed by atoms with Crippen molar-refractivity contribution in [2.24, 2.45) is 0 Å². The van der Waals surface area contributed by atoms with Crippen LogP contribution in [0.15, 0.2) is 0 Å². The second kappa shape index (κ2) is 6.30. The van der Waals surface area contributed by atoms with Gasteiger partial charge in [0, 0.05) is 12.3 Å². The number of likely N-dealkylation sites (tertiary alicyclic amines) is 1. The molecule has 0 aromatic rings. The van der Waals surface area contributed by atoms with Gasteiger partial charge in [-0.25, -0.2) is 5.43 Å². The van der Waals surface area contributed by atoms with Gasteiger partial charge in [-0.3, -0.25) is 0 Å². The minimum Gasteiger partial charge on any atom is -0.305 e. The van der Waals surface area contributed by atoms with Crippen LogP contribution in [0.1, 0.15) is 19.3 Å². The van der Waals surface area contributed by atoms with Crippen LogP contribution in [-0.2, 0) is 0 Å². The first kappa shape index (κ1) is 12.0. The van der Waals surface area contributed by atoms with Crippen LogP contribution in [0.25, 0.3) is 0 Å². The van der Waals surface area contributed by atoms with E-state index < -0.39 is 0 Å². The van der Waals surface area contributed by atoms with E-state index in [9.17, 15) is 0 Å². The quantitative estimate of drug-likeness (QED) is 0.749. The maximum Gasteiger partial charge on any atom is 0.150 e. The molecule has 0 radical (unpaired) electrons. The van der Waals surface area contributed by atoms with Crippen molar-refractivity contribution in [3.05, 3.63) is 0 Å². The number of thioether (sulfide) groups is 2. The molecule has 15 heavy (non-hydrogen) atoms. The number of nitrogens with zero attached hydrogens (tertiary/aromatic N) is 1. The Bertz CT molecular complexity index is 219. The molecule has 0 aliphatic carbocycles. The molecule has 1 atom stereocenters. The summed E-state index contributed by atoms with van der Waals surface area (Å²) < 4.78 is 1.27. The van der Waals surface area contributed by atoms with Crippen LogP contribution in [0.4, 0.5) is 0 Å². The zero-order valence-corrected chi connectivity index (χ0v) is 11.1. The van der Waals surface area contributed by atoms with Crippen LogP contribution < -0.4 is 10.9 Å². The first-order valence-corrected chi connectivity index (χ1v) is 7.74. The smallest absolute Gasteiger partial charge is 0.150 e. The van der Waals surface area contributed by atoms with E-state index in [1.165, 1.54) is 44.6 Å². The van der Waals surface area contributed by atoms with Crippen molar-refractivity contribution in [2.45, 2.75) is 24.0 Å². The lowest BCUT2D eigenvalue weighted by Gasteiger charge is -2.26. The third-order valence-electron chi connectivity index (χ3n) is 2.63. The zero-order chi connectivity index (χ0) is 10.5. The number of rotatable bonds is 4. The Morgan fingerprint density at radius 1 is 1.40 bits per heavy atom. The average Bonchev–Trinajstić information content (AvgIpc) is 2.66. The Hall–Kier alpha value is 0.510. The Labute approximate surface area is 105 Å². The molecule has 0 amide bonds. The maximum absolute atomic E-state index is 5.04. The molecular weight excluding hydrogens is 246 g/mol. The lowest BCUT2D eigenvalue weighted by atomic mass is 10.1. The molecule has 2 aliphatic heterocycles. The lowest BCUT2D eigenvalue weighted by Crippen LogP contribution is -2.33. The highest BCUT2D eigenvalue weighted by Crippen LogP contribution is 2.25. The van der Waals surface area contributed by atoms with Gasteiger partial charge in [-0.2, -0.15) is 0 Å². The van der Waals surface area contributed by atoms with E-state index in [4.69, 9.17) is 12.2 Å².